The standard InChI is InChI=1S/C9H19F2N3/c1-8-6-13(7-9(10)11)4-5-14(8)3-2-12/h8-9H,2-7,12H2,1H3/t8-/m1/s1. The second kappa shape index (κ2) is 5.58. The number of nitrogens with two attached hydrogens (primary N) is 1. The predicted octanol–water partition coefficient (Wildman–Crippen LogP) is 0.216. The smallest absolute Gasteiger partial charge is 0.251 e. The van der Waals surface area contributed by atoms with Crippen molar-refractivity contribution in [1.29, 1.82) is 0 Å². The van der Waals surface area contributed by atoms with E-state index in [4.69, 9.17) is 5.73 Å². The van der Waals surface area contributed by atoms with Crippen molar-refractivity contribution in [1.82, 2.24) is 9.80 Å². The highest BCUT2D eigenvalue weighted by molar-refractivity contribution is 4.79. The van der Waals surface area contributed by atoms with E-state index in [0.29, 0.717) is 12.6 Å². The van der Waals surface area contributed by atoms with Crippen LogP contribution in [0, 0.1) is 0 Å². The highest BCUT2D eigenvalue weighted by Crippen LogP contribution is 2.10. The molecule has 1 atom stereocenters. The monoisotopic (exact) mass is 207 g/mol. The molecule has 1 saturated heterocycles. The molecule has 1 rings (SSSR count). The van der Waals surface area contributed by atoms with Crippen LogP contribution in [-0.4, -0.2) is 61.5 Å². The Morgan fingerprint density at radius 3 is 2.64 bits per heavy atom. The maximum Gasteiger partial charge on any atom is 0.251 e. The van der Waals surface area contributed by atoms with Crippen LogP contribution in [0.3, 0.4) is 0 Å². The summed E-state index contributed by atoms with van der Waals surface area (Å²) < 4.78 is 24.2. The van der Waals surface area contributed by atoms with Crippen LogP contribution in [-0.2, 0) is 0 Å². The largest absolute Gasteiger partial charge is 0.329 e. The number of alkyl halides is 2. The lowest BCUT2D eigenvalue weighted by Crippen LogP contribution is -2.53. The van der Waals surface area contributed by atoms with Gasteiger partial charge in [-0.05, 0) is 6.92 Å². The van der Waals surface area contributed by atoms with Crippen molar-refractivity contribution in [3.8, 4) is 0 Å². The molecule has 14 heavy (non-hydrogen) atoms. The van der Waals surface area contributed by atoms with Crippen molar-refractivity contribution in [2.45, 2.75) is 19.4 Å². The zero-order valence-electron chi connectivity index (χ0n) is 8.63. The Kier molecular flexibility index (Phi) is 4.71. The van der Waals surface area contributed by atoms with Gasteiger partial charge in [-0.25, -0.2) is 8.78 Å². The summed E-state index contributed by atoms with van der Waals surface area (Å²) in [4.78, 5) is 4.07. The Morgan fingerprint density at radius 2 is 2.14 bits per heavy atom. The van der Waals surface area contributed by atoms with Crippen LogP contribution in [0.25, 0.3) is 0 Å². The molecule has 0 unspecified atom stereocenters. The van der Waals surface area contributed by atoms with Crippen molar-refractivity contribution in [2.75, 3.05) is 39.3 Å². The number of hydrogen-bond donors (Lipinski definition) is 1. The zero-order valence-corrected chi connectivity index (χ0v) is 8.63. The molecule has 84 valence electrons. The Morgan fingerprint density at radius 1 is 1.43 bits per heavy atom. The van der Waals surface area contributed by atoms with E-state index >= 15 is 0 Å². The third kappa shape index (κ3) is 3.48. The summed E-state index contributed by atoms with van der Waals surface area (Å²) in [6, 6.07) is 0.339. The van der Waals surface area contributed by atoms with Gasteiger partial charge in [0.1, 0.15) is 0 Å². The normalized spacial score (nSPS) is 25.9. The third-order valence-corrected chi connectivity index (χ3v) is 2.66. The van der Waals surface area contributed by atoms with Gasteiger partial charge in [0.15, 0.2) is 0 Å². The zero-order chi connectivity index (χ0) is 10.6. The SMILES string of the molecule is C[C@@H]1CN(CC(F)F)CCN1CCN. The predicted molar refractivity (Wildman–Crippen MR) is 52.5 cm³/mol. The molecular formula is C9H19F2N3. The lowest BCUT2D eigenvalue weighted by atomic mass is 10.2. The molecule has 0 radical (unpaired) electrons. The molecule has 0 aromatic carbocycles. The Bertz CT molecular complexity index is 166. The van der Waals surface area contributed by atoms with Gasteiger partial charge in [0.25, 0.3) is 6.43 Å². The van der Waals surface area contributed by atoms with Gasteiger partial charge in [-0.3, -0.25) is 9.80 Å². The number of rotatable bonds is 4. The topological polar surface area (TPSA) is 32.5 Å². The maximum absolute atomic E-state index is 12.1. The van der Waals surface area contributed by atoms with Gasteiger partial charge in [0.05, 0.1) is 6.54 Å². The van der Waals surface area contributed by atoms with E-state index in [2.05, 4.69) is 11.8 Å². The van der Waals surface area contributed by atoms with Crippen molar-refractivity contribution >= 4 is 0 Å². The van der Waals surface area contributed by atoms with Gasteiger partial charge >= 0.3 is 0 Å². The molecule has 2 N–H and O–H groups in total. The first-order chi connectivity index (χ1) is 6.63. The van der Waals surface area contributed by atoms with Gasteiger partial charge < -0.3 is 5.73 Å². The minimum Gasteiger partial charge on any atom is -0.329 e. The average Bonchev–Trinajstić information content (AvgIpc) is 2.09. The van der Waals surface area contributed by atoms with Crippen LogP contribution in [0.1, 0.15) is 6.92 Å². The molecule has 0 aliphatic carbocycles. The van der Waals surface area contributed by atoms with E-state index in [-0.39, 0.29) is 6.54 Å². The first-order valence-corrected chi connectivity index (χ1v) is 5.08. The number of halogens is 2. The molecule has 1 heterocycles. The van der Waals surface area contributed by atoms with Gasteiger partial charge in [-0.15, -0.1) is 0 Å². The maximum atomic E-state index is 12.1. The lowest BCUT2D eigenvalue weighted by molar-refractivity contribution is 0.0348. The molecule has 0 spiro atoms. The van der Waals surface area contributed by atoms with E-state index in [0.717, 1.165) is 26.2 Å². The Labute approximate surface area is 83.8 Å². The first-order valence-electron chi connectivity index (χ1n) is 5.08. The fourth-order valence-corrected chi connectivity index (χ4v) is 1.93. The van der Waals surface area contributed by atoms with Crippen LogP contribution >= 0.6 is 0 Å². The molecule has 0 amide bonds. The summed E-state index contributed by atoms with van der Waals surface area (Å²) in [5.41, 5.74) is 5.46. The minimum atomic E-state index is -2.22. The summed E-state index contributed by atoms with van der Waals surface area (Å²) in [6.07, 6.45) is -2.22. The van der Waals surface area contributed by atoms with Crippen LogP contribution in [0.5, 0.6) is 0 Å². The van der Waals surface area contributed by atoms with Gasteiger partial charge in [-0.1, -0.05) is 0 Å². The van der Waals surface area contributed by atoms with Crippen LogP contribution in [0.4, 0.5) is 8.78 Å². The van der Waals surface area contributed by atoms with Crippen molar-refractivity contribution in [3.05, 3.63) is 0 Å². The van der Waals surface area contributed by atoms with E-state index in [9.17, 15) is 8.78 Å². The number of piperazine rings is 1. The van der Waals surface area contributed by atoms with Gasteiger partial charge in [-0.2, -0.15) is 0 Å². The lowest BCUT2D eigenvalue weighted by Gasteiger charge is -2.39. The van der Waals surface area contributed by atoms with E-state index in [1.165, 1.54) is 0 Å². The van der Waals surface area contributed by atoms with E-state index in [1.807, 2.05) is 4.90 Å². The fraction of sp³-hybridized carbons (Fsp3) is 1.00. The van der Waals surface area contributed by atoms with E-state index in [1.54, 1.807) is 0 Å². The summed E-state index contributed by atoms with van der Waals surface area (Å²) in [5, 5.41) is 0. The molecule has 1 fully saturated rings. The number of nitrogens with zero attached hydrogens (tertiary/aromatic N) is 2. The molecule has 3 nitrogen and oxygen atoms in total. The molecule has 5 heteroatoms. The molecule has 0 aromatic rings. The quantitative estimate of drug-likeness (QED) is 0.715. The van der Waals surface area contributed by atoms with Crippen LogP contribution in [0.2, 0.25) is 0 Å². The summed E-state index contributed by atoms with van der Waals surface area (Å²) >= 11 is 0. The number of hydrogen-bond acceptors (Lipinski definition) is 3. The van der Waals surface area contributed by atoms with Crippen LogP contribution in [0.15, 0.2) is 0 Å². The molecular weight excluding hydrogens is 188 g/mol. The Hall–Kier alpha value is -0.260. The van der Waals surface area contributed by atoms with Crippen LogP contribution < -0.4 is 5.73 Å². The molecule has 1 aliphatic rings. The van der Waals surface area contributed by atoms with Crippen molar-refractivity contribution < 1.29 is 8.78 Å². The molecule has 0 aromatic heterocycles. The van der Waals surface area contributed by atoms with Crippen molar-refractivity contribution in [3.63, 3.8) is 0 Å². The first kappa shape index (κ1) is 11.8. The third-order valence-electron chi connectivity index (χ3n) is 2.66. The van der Waals surface area contributed by atoms with Crippen molar-refractivity contribution in [2.24, 2.45) is 5.73 Å². The average molecular weight is 207 g/mol. The van der Waals surface area contributed by atoms with Gasteiger partial charge in [0, 0.05) is 38.8 Å². The second-order valence-electron chi connectivity index (χ2n) is 3.82. The van der Waals surface area contributed by atoms with Gasteiger partial charge in [0.2, 0.25) is 0 Å². The fourth-order valence-electron chi connectivity index (χ4n) is 1.93. The minimum absolute atomic E-state index is 0.0964. The highest BCUT2D eigenvalue weighted by Gasteiger charge is 2.24. The molecule has 1 aliphatic heterocycles. The summed E-state index contributed by atoms with van der Waals surface area (Å²) in [5.74, 6) is 0. The molecule has 0 bridgehead atoms. The molecule has 0 saturated carbocycles. The second-order valence-corrected chi connectivity index (χ2v) is 3.82. The Balaban J connectivity index is 2.31. The van der Waals surface area contributed by atoms with E-state index < -0.39 is 6.43 Å². The highest BCUT2D eigenvalue weighted by atomic mass is 19.3. The summed E-state index contributed by atoms with van der Waals surface area (Å²) in [7, 11) is 0. The summed E-state index contributed by atoms with van der Waals surface area (Å²) in [6.45, 7) is 5.78.